The molecule has 0 radical (unpaired) electrons. The molecule has 4 unspecified atom stereocenters. The molecule has 332 valence electrons. The van der Waals surface area contributed by atoms with Gasteiger partial charge < -0.3 is 39.5 Å². The Morgan fingerprint density at radius 2 is 0.746 bits per heavy atom. The van der Waals surface area contributed by atoms with Gasteiger partial charge >= 0.3 is 48.9 Å². The van der Waals surface area contributed by atoms with Crippen molar-refractivity contribution in [2.45, 2.75) is 231 Å². The molecule has 8 nitrogen and oxygen atoms in total. The first-order chi connectivity index (χ1) is 28.2. The standard InChI is InChI=1S/2C25H42O4.Ba/c2*1-2-14-23(26)17-11-6-4-3-5-7-12-18-24(19-13-20-25(27)28)29-21-22-15-9-8-10-16-22;/h2*8-10,15-16,23-24,26H,2-7,11-14,17-21H2,1H3,(H,27,28);/q;;+2/p-2. The monoisotopic (exact) mass is 949 g/mol. The topological polar surface area (TPSA) is 139 Å². The second-order valence-electron chi connectivity index (χ2n) is 16.4. The molecule has 59 heavy (non-hydrogen) atoms. The van der Waals surface area contributed by atoms with Crippen LogP contribution in [0.5, 0.6) is 0 Å². The van der Waals surface area contributed by atoms with E-state index in [0.29, 0.717) is 26.1 Å². The fourth-order valence-corrected chi connectivity index (χ4v) is 7.37. The minimum Gasteiger partial charge on any atom is -0.550 e. The number of ether oxygens (including phenoxy) is 2. The van der Waals surface area contributed by atoms with Crippen LogP contribution in [0.15, 0.2) is 60.7 Å². The van der Waals surface area contributed by atoms with Crippen LogP contribution < -0.4 is 10.2 Å². The van der Waals surface area contributed by atoms with Crippen molar-refractivity contribution in [3.05, 3.63) is 71.8 Å². The molecule has 0 aliphatic carbocycles. The Kier molecular flexibility index (Phi) is 41.2. The van der Waals surface area contributed by atoms with Crippen molar-refractivity contribution in [2.24, 2.45) is 0 Å². The molecule has 9 heteroatoms. The van der Waals surface area contributed by atoms with Gasteiger partial charge in [0.2, 0.25) is 0 Å². The van der Waals surface area contributed by atoms with Crippen molar-refractivity contribution >= 4 is 60.8 Å². The summed E-state index contributed by atoms with van der Waals surface area (Å²) in [5, 5.41) is 40.8. The summed E-state index contributed by atoms with van der Waals surface area (Å²) in [6.45, 7) is 5.40. The van der Waals surface area contributed by atoms with Crippen LogP contribution in [0.4, 0.5) is 0 Å². The van der Waals surface area contributed by atoms with Crippen molar-refractivity contribution < 1.29 is 39.5 Å². The van der Waals surface area contributed by atoms with Crippen LogP contribution in [-0.2, 0) is 32.3 Å². The SMILES string of the molecule is CCCC(O)CCCCCCCCCC(CCCC(=O)[O-])OCc1ccccc1.CCCC(O)CCCCCCCCCC(CCCC(=O)[O-])OCc1ccccc1.[Ba+2]. The van der Waals surface area contributed by atoms with Crippen molar-refractivity contribution in [1.29, 1.82) is 0 Å². The molecule has 0 saturated carbocycles. The number of rotatable bonds is 38. The Balaban J connectivity index is 0.00000112. The molecular formula is C50H82BaO8. The zero-order chi connectivity index (χ0) is 42.3. The third kappa shape index (κ3) is 38.2. The van der Waals surface area contributed by atoms with Gasteiger partial charge in [0.1, 0.15) is 0 Å². The minimum atomic E-state index is -0.978. The average Bonchev–Trinajstić information content (AvgIpc) is 3.21. The predicted molar refractivity (Wildman–Crippen MR) is 238 cm³/mol. The summed E-state index contributed by atoms with van der Waals surface area (Å²) in [5.74, 6) is -1.96. The van der Waals surface area contributed by atoms with Crippen molar-refractivity contribution in [3.63, 3.8) is 0 Å². The van der Waals surface area contributed by atoms with Crippen LogP contribution in [-0.4, -0.2) is 95.4 Å². The molecule has 2 aromatic rings. The van der Waals surface area contributed by atoms with Crippen LogP contribution in [0, 0.1) is 0 Å². The number of unbranched alkanes of at least 4 members (excludes halogenated alkanes) is 12. The maximum Gasteiger partial charge on any atom is 2.00 e. The van der Waals surface area contributed by atoms with E-state index in [0.717, 1.165) is 101 Å². The van der Waals surface area contributed by atoms with E-state index in [1.165, 1.54) is 64.2 Å². The summed E-state index contributed by atoms with van der Waals surface area (Å²) < 4.78 is 12.1. The zero-order valence-electron chi connectivity index (χ0n) is 37.3. The fraction of sp³-hybridized carbons (Fsp3) is 0.720. The van der Waals surface area contributed by atoms with Gasteiger partial charge in [-0.05, 0) is 88.2 Å². The van der Waals surface area contributed by atoms with Crippen molar-refractivity contribution in [2.75, 3.05) is 0 Å². The molecule has 0 aliphatic rings. The smallest absolute Gasteiger partial charge is 0.550 e. The number of benzene rings is 2. The Morgan fingerprint density at radius 1 is 0.458 bits per heavy atom. The number of carbonyl (C=O) groups is 2. The molecule has 2 N–H and O–H groups in total. The Bertz CT molecular complexity index is 1110. The summed E-state index contributed by atoms with van der Waals surface area (Å²) in [6.07, 6.45) is 27.7. The third-order valence-electron chi connectivity index (χ3n) is 10.8. The van der Waals surface area contributed by atoms with Crippen LogP contribution in [0.1, 0.15) is 205 Å². The number of carboxylic acid groups (broad SMARTS) is 2. The molecule has 0 fully saturated rings. The number of carbonyl (C=O) groups excluding carboxylic acids is 2. The Labute approximate surface area is 400 Å². The van der Waals surface area contributed by atoms with E-state index in [9.17, 15) is 30.0 Å². The molecular weight excluding hydrogens is 866 g/mol. The van der Waals surface area contributed by atoms with E-state index in [-0.39, 0.29) is 86.1 Å². The number of aliphatic hydroxyl groups excluding tert-OH is 2. The molecule has 2 aromatic carbocycles. The number of hydrogen-bond acceptors (Lipinski definition) is 8. The van der Waals surface area contributed by atoms with Gasteiger partial charge in [0.25, 0.3) is 0 Å². The van der Waals surface area contributed by atoms with E-state index in [1.54, 1.807) is 0 Å². The zero-order valence-corrected chi connectivity index (χ0v) is 41.8. The van der Waals surface area contributed by atoms with Gasteiger partial charge in [0, 0.05) is 11.9 Å². The van der Waals surface area contributed by atoms with E-state index in [2.05, 4.69) is 38.1 Å². The Morgan fingerprint density at radius 3 is 1.05 bits per heavy atom. The van der Waals surface area contributed by atoms with Crippen LogP contribution >= 0.6 is 0 Å². The maximum absolute atomic E-state index is 10.7. The molecule has 0 bridgehead atoms. The molecule has 4 atom stereocenters. The molecule has 0 saturated heterocycles. The van der Waals surface area contributed by atoms with Gasteiger partial charge in [0.05, 0.1) is 37.6 Å². The van der Waals surface area contributed by atoms with Gasteiger partial charge in [0.15, 0.2) is 0 Å². The first-order valence-electron chi connectivity index (χ1n) is 23.3. The number of aliphatic carboxylic acids is 2. The first-order valence-corrected chi connectivity index (χ1v) is 23.3. The maximum atomic E-state index is 10.7. The Hall–Kier alpha value is -1.21. The van der Waals surface area contributed by atoms with E-state index in [4.69, 9.17) is 9.47 Å². The number of carboxylic acids is 2. The van der Waals surface area contributed by atoms with Crippen LogP contribution in [0.25, 0.3) is 0 Å². The first kappa shape index (κ1) is 57.8. The summed E-state index contributed by atoms with van der Waals surface area (Å²) in [5.41, 5.74) is 2.31. The van der Waals surface area contributed by atoms with Crippen molar-refractivity contribution in [1.82, 2.24) is 0 Å². The van der Waals surface area contributed by atoms with Gasteiger partial charge in [-0.15, -0.1) is 0 Å². The fourth-order valence-electron chi connectivity index (χ4n) is 7.37. The van der Waals surface area contributed by atoms with E-state index in [1.807, 2.05) is 36.4 Å². The quantitative estimate of drug-likeness (QED) is 0.0501. The van der Waals surface area contributed by atoms with Gasteiger partial charge in [-0.3, -0.25) is 0 Å². The number of hydrogen-bond donors (Lipinski definition) is 2. The summed E-state index contributed by atoms with van der Waals surface area (Å²) in [4.78, 5) is 21.3. The third-order valence-corrected chi connectivity index (χ3v) is 10.8. The van der Waals surface area contributed by atoms with Crippen LogP contribution in [0.3, 0.4) is 0 Å². The minimum absolute atomic E-state index is 0. The van der Waals surface area contributed by atoms with Gasteiger partial charge in [-0.25, -0.2) is 0 Å². The second-order valence-corrected chi connectivity index (χ2v) is 16.4. The summed E-state index contributed by atoms with van der Waals surface area (Å²) in [6, 6.07) is 20.2. The van der Waals surface area contributed by atoms with Gasteiger partial charge in [-0.1, -0.05) is 177 Å². The van der Waals surface area contributed by atoms with E-state index >= 15 is 0 Å². The van der Waals surface area contributed by atoms with Crippen molar-refractivity contribution in [3.8, 4) is 0 Å². The van der Waals surface area contributed by atoms with E-state index < -0.39 is 11.9 Å². The molecule has 0 heterocycles. The van der Waals surface area contributed by atoms with Crippen LogP contribution in [0.2, 0.25) is 0 Å². The molecule has 0 spiro atoms. The average molecular weight is 949 g/mol. The normalized spacial score (nSPS) is 13.1. The van der Waals surface area contributed by atoms with Gasteiger partial charge in [-0.2, -0.15) is 0 Å². The number of aliphatic hydroxyl groups is 2. The molecule has 0 aromatic heterocycles. The molecule has 2 rings (SSSR count). The second kappa shape index (κ2) is 42.1. The summed E-state index contributed by atoms with van der Waals surface area (Å²) in [7, 11) is 0. The molecule has 0 aliphatic heterocycles. The predicted octanol–water partition coefficient (Wildman–Crippen LogP) is 9.95. The largest absolute Gasteiger partial charge is 2.00 e. The molecule has 0 amide bonds. The summed E-state index contributed by atoms with van der Waals surface area (Å²) >= 11 is 0.